The van der Waals surface area contributed by atoms with Crippen LogP contribution in [0.3, 0.4) is 0 Å². The van der Waals surface area contributed by atoms with Crippen molar-refractivity contribution in [3.05, 3.63) is 23.8 Å². The molecular formula is C17H24N2O3. The number of piperidine rings is 1. The third kappa shape index (κ3) is 3.35. The molecule has 5 nitrogen and oxygen atoms in total. The highest BCUT2D eigenvalue weighted by Crippen LogP contribution is 2.32. The molecule has 1 saturated heterocycles. The molecule has 0 aromatic heterocycles. The number of nitrogens with zero attached hydrogens (tertiary/aromatic N) is 1. The predicted octanol–water partition coefficient (Wildman–Crippen LogP) is 1.95. The first-order valence-corrected chi connectivity index (χ1v) is 8.16. The van der Waals surface area contributed by atoms with Gasteiger partial charge in [-0.05, 0) is 50.0 Å². The average Bonchev–Trinajstić information content (AvgIpc) is 3.01. The predicted molar refractivity (Wildman–Crippen MR) is 84.2 cm³/mol. The van der Waals surface area contributed by atoms with Crippen molar-refractivity contribution < 1.29 is 14.3 Å². The second kappa shape index (κ2) is 7.01. The van der Waals surface area contributed by atoms with Gasteiger partial charge >= 0.3 is 0 Å². The molecule has 0 spiro atoms. The molecule has 2 heterocycles. The molecule has 120 valence electrons. The van der Waals surface area contributed by atoms with Crippen molar-refractivity contribution in [3.63, 3.8) is 0 Å². The van der Waals surface area contributed by atoms with Crippen LogP contribution in [-0.4, -0.2) is 43.3 Å². The Hall–Kier alpha value is -1.75. The van der Waals surface area contributed by atoms with Gasteiger partial charge in [-0.15, -0.1) is 0 Å². The van der Waals surface area contributed by atoms with Crippen LogP contribution in [0.25, 0.3) is 0 Å². The fraction of sp³-hybridized carbons (Fsp3) is 0.588. The van der Waals surface area contributed by atoms with E-state index in [2.05, 4.69) is 17.1 Å². The van der Waals surface area contributed by atoms with Crippen LogP contribution in [0.15, 0.2) is 18.2 Å². The Morgan fingerprint density at radius 1 is 1.27 bits per heavy atom. The zero-order valence-corrected chi connectivity index (χ0v) is 13.1. The van der Waals surface area contributed by atoms with E-state index in [9.17, 15) is 4.79 Å². The Morgan fingerprint density at radius 2 is 2.05 bits per heavy atom. The smallest absolute Gasteiger partial charge is 0.231 e. The summed E-state index contributed by atoms with van der Waals surface area (Å²) >= 11 is 0. The van der Waals surface area contributed by atoms with E-state index in [0.717, 1.165) is 56.0 Å². The zero-order valence-electron chi connectivity index (χ0n) is 13.1. The zero-order chi connectivity index (χ0) is 15.4. The molecule has 0 aliphatic carbocycles. The van der Waals surface area contributed by atoms with Gasteiger partial charge in [-0.25, -0.2) is 0 Å². The minimum absolute atomic E-state index is 0.215. The van der Waals surface area contributed by atoms with Gasteiger partial charge in [0.15, 0.2) is 11.5 Å². The highest BCUT2D eigenvalue weighted by molar-refractivity contribution is 5.79. The highest BCUT2D eigenvalue weighted by Gasteiger charge is 2.25. The van der Waals surface area contributed by atoms with E-state index in [1.54, 1.807) is 0 Å². The summed E-state index contributed by atoms with van der Waals surface area (Å²) in [5.74, 6) is 1.72. The number of hydrogen-bond acceptors (Lipinski definition) is 4. The van der Waals surface area contributed by atoms with Crippen molar-refractivity contribution >= 4 is 5.91 Å². The van der Waals surface area contributed by atoms with Crippen molar-refractivity contribution in [2.45, 2.75) is 38.6 Å². The largest absolute Gasteiger partial charge is 0.454 e. The Morgan fingerprint density at radius 3 is 2.82 bits per heavy atom. The number of benzene rings is 1. The number of rotatable bonds is 5. The molecule has 2 aliphatic rings. The van der Waals surface area contributed by atoms with Gasteiger partial charge in [0.05, 0.1) is 6.42 Å². The van der Waals surface area contributed by atoms with Crippen molar-refractivity contribution in [2.75, 3.05) is 26.4 Å². The SMILES string of the molecule is CCCN(C(=O)Cc1ccc2c(c1)OCO2)C1CCNCC1. The van der Waals surface area contributed by atoms with Crippen LogP contribution in [0.1, 0.15) is 31.7 Å². The standard InChI is InChI=1S/C17H24N2O3/c1-2-9-19(14-5-7-18-8-6-14)17(20)11-13-3-4-15-16(10-13)22-12-21-15/h3-4,10,14,18H,2,5-9,11-12H2,1H3. The van der Waals surface area contributed by atoms with E-state index in [4.69, 9.17) is 9.47 Å². The van der Waals surface area contributed by atoms with Crippen molar-refractivity contribution in [2.24, 2.45) is 0 Å². The second-order valence-corrected chi connectivity index (χ2v) is 5.93. The maximum atomic E-state index is 12.7. The number of nitrogens with one attached hydrogen (secondary N) is 1. The highest BCUT2D eigenvalue weighted by atomic mass is 16.7. The molecule has 2 aliphatic heterocycles. The number of ether oxygens (including phenoxy) is 2. The lowest BCUT2D eigenvalue weighted by molar-refractivity contribution is -0.133. The molecule has 1 fully saturated rings. The normalized spacial score (nSPS) is 17.5. The Labute approximate surface area is 131 Å². The fourth-order valence-corrected chi connectivity index (χ4v) is 3.20. The minimum Gasteiger partial charge on any atom is -0.454 e. The summed E-state index contributed by atoms with van der Waals surface area (Å²) < 4.78 is 10.7. The Bertz CT molecular complexity index is 527. The Kier molecular flexibility index (Phi) is 4.83. The van der Waals surface area contributed by atoms with Crippen molar-refractivity contribution in [1.82, 2.24) is 10.2 Å². The van der Waals surface area contributed by atoms with Gasteiger partial charge in [-0.1, -0.05) is 13.0 Å². The van der Waals surface area contributed by atoms with Crippen LogP contribution >= 0.6 is 0 Å². The van der Waals surface area contributed by atoms with Crippen LogP contribution in [0.2, 0.25) is 0 Å². The molecular weight excluding hydrogens is 280 g/mol. The molecule has 0 bridgehead atoms. The molecule has 22 heavy (non-hydrogen) atoms. The van der Waals surface area contributed by atoms with Crippen molar-refractivity contribution in [1.29, 1.82) is 0 Å². The van der Waals surface area contributed by atoms with E-state index in [-0.39, 0.29) is 12.7 Å². The van der Waals surface area contributed by atoms with Gasteiger partial charge in [0.2, 0.25) is 12.7 Å². The van der Waals surface area contributed by atoms with Crippen LogP contribution < -0.4 is 14.8 Å². The first-order chi connectivity index (χ1) is 10.8. The second-order valence-electron chi connectivity index (χ2n) is 5.93. The summed E-state index contributed by atoms with van der Waals surface area (Å²) in [7, 11) is 0. The fourth-order valence-electron chi connectivity index (χ4n) is 3.20. The molecule has 3 rings (SSSR count). The molecule has 0 radical (unpaired) electrons. The number of carbonyl (C=O) groups is 1. The Balaban J connectivity index is 1.67. The van der Waals surface area contributed by atoms with Gasteiger partial charge in [-0.3, -0.25) is 4.79 Å². The minimum atomic E-state index is 0.215. The lowest BCUT2D eigenvalue weighted by atomic mass is 10.0. The van der Waals surface area contributed by atoms with Crippen LogP contribution in [0.4, 0.5) is 0 Å². The van der Waals surface area contributed by atoms with E-state index < -0.39 is 0 Å². The first kappa shape index (κ1) is 15.2. The van der Waals surface area contributed by atoms with Crippen LogP contribution in [-0.2, 0) is 11.2 Å². The topological polar surface area (TPSA) is 50.8 Å². The number of carbonyl (C=O) groups excluding carboxylic acids is 1. The third-order valence-electron chi connectivity index (χ3n) is 4.33. The molecule has 5 heteroatoms. The molecule has 1 aromatic rings. The van der Waals surface area contributed by atoms with Gasteiger partial charge in [0.25, 0.3) is 0 Å². The van der Waals surface area contributed by atoms with Gasteiger partial charge in [-0.2, -0.15) is 0 Å². The van der Waals surface area contributed by atoms with Crippen LogP contribution in [0.5, 0.6) is 11.5 Å². The molecule has 0 saturated carbocycles. The maximum absolute atomic E-state index is 12.7. The number of amides is 1. The van der Waals surface area contributed by atoms with E-state index in [1.165, 1.54) is 0 Å². The van der Waals surface area contributed by atoms with E-state index >= 15 is 0 Å². The van der Waals surface area contributed by atoms with Gasteiger partial charge < -0.3 is 19.7 Å². The number of hydrogen-bond donors (Lipinski definition) is 1. The summed E-state index contributed by atoms with van der Waals surface area (Å²) in [6, 6.07) is 6.15. The summed E-state index contributed by atoms with van der Waals surface area (Å²) in [5, 5.41) is 3.36. The molecule has 1 N–H and O–H groups in total. The summed E-state index contributed by atoms with van der Waals surface area (Å²) in [4.78, 5) is 14.8. The third-order valence-corrected chi connectivity index (χ3v) is 4.33. The quantitative estimate of drug-likeness (QED) is 0.903. The number of fused-ring (bicyclic) bond motifs is 1. The maximum Gasteiger partial charge on any atom is 0.231 e. The molecule has 0 unspecified atom stereocenters. The van der Waals surface area contributed by atoms with Gasteiger partial charge in [0.1, 0.15) is 0 Å². The summed E-state index contributed by atoms with van der Waals surface area (Å²) in [6.07, 6.45) is 3.52. The summed E-state index contributed by atoms with van der Waals surface area (Å²) in [6.45, 7) is 5.24. The van der Waals surface area contributed by atoms with Crippen molar-refractivity contribution in [3.8, 4) is 11.5 Å². The van der Waals surface area contributed by atoms with Crippen LogP contribution in [0, 0.1) is 0 Å². The average molecular weight is 304 g/mol. The molecule has 1 amide bonds. The lowest BCUT2D eigenvalue weighted by Gasteiger charge is -2.34. The monoisotopic (exact) mass is 304 g/mol. The first-order valence-electron chi connectivity index (χ1n) is 8.16. The summed E-state index contributed by atoms with van der Waals surface area (Å²) in [5.41, 5.74) is 0.990. The lowest BCUT2D eigenvalue weighted by Crippen LogP contribution is -2.47. The van der Waals surface area contributed by atoms with E-state index in [0.29, 0.717) is 12.5 Å². The molecule has 0 atom stereocenters. The molecule has 1 aromatic carbocycles. The van der Waals surface area contributed by atoms with Gasteiger partial charge in [0, 0.05) is 12.6 Å². The van der Waals surface area contributed by atoms with E-state index in [1.807, 2.05) is 18.2 Å².